The van der Waals surface area contributed by atoms with E-state index in [9.17, 15) is 4.79 Å². The molecule has 0 fully saturated rings. The van der Waals surface area contributed by atoms with Crippen LogP contribution in [0, 0.1) is 0 Å². The van der Waals surface area contributed by atoms with Gasteiger partial charge in [-0.25, -0.2) is 0 Å². The van der Waals surface area contributed by atoms with Gasteiger partial charge < -0.3 is 0 Å². The molecular weight excluding hydrogens is 384 g/mol. The van der Waals surface area contributed by atoms with Crippen molar-refractivity contribution in [2.75, 3.05) is 0 Å². The molecule has 2 rings (SSSR count). The van der Waals surface area contributed by atoms with Crippen molar-refractivity contribution in [1.82, 2.24) is 0 Å². The van der Waals surface area contributed by atoms with Crippen molar-refractivity contribution in [2.45, 2.75) is 102 Å². The number of rotatable bonds is 15. The van der Waals surface area contributed by atoms with Gasteiger partial charge in [-0.15, -0.1) is 0 Å². The van der Waals surface area contributed by atoms with E-state index in [0.29, 0.717) is 0 Å². The molecule has 2 aromatic carbocycles. The number of carbonyl (C=O) groups is 1. The standard InChI is InChI=1S/C28H40OS/c1-3-5-7-8-9-10-11-13-15-24-16-20-26(21-17-24)28(29)30-27-22-18-25(19-23-27)14-12-6-4-2/h16-23H,3-15H2,1-2H3. The number of hydrogen-bond acceptors (Lipinski definition) is 2. The predicted molar refractivity (Wildman–Crippen MR) is 133 cm³/mol. The summed E-state index contributed by atoms with van der Waals surface area (Å²) < 4.78 is 0. The highest BCUT2D eigenvalue weighted by Crippen LogP contribution is 2.24. The number of aryl methyl sites for hydroxylation is 2. The first-order chi connectivity index (χ1) is 14.7. The van der Waals surface area contributed by atoms with Gasteiger partial charge in [0.25, 0.3) is 0 Å². The van der Waals surface area contributed by atoms with Crippen LogP contribution in [-0.4, -0.2) is 5.12 Å². The first-order valence-corrected chi connectivity index (χ1v) is 12.9. The normalized spacial score (nSPS) is 11.0. The van der Waals surface area contributed by atoms with Gasteiger partial charge in [-0.2, -0.15) is 0 Å². The van der Waals surface area contributed by atoms with Crippen LogP contribution in [0.2, 0.25) is 0 Å². The molecule has 0 aliphatic carbocycles. The Labute approximate surface area is 189 Å². The Bertz CT molecular complexity index is 702. The van der Waals surface area contributed by atoms with E-state index in [1.54, 1.807) is 0 Å². The zero-order chi connectivity index (χ0) is 21.4. The fourth-order valence-corrected chi connectivity index (χ4v) is 4.48. The van der Waals surface area contributed by atoms with Gasteiger partial charge in [-0.1, -0.05) is 108 Å². The zero-order valence-electron chi connectivity index (χ0n) is 19.1. The Kier molecular flexibility index (Phi) is 12.6. The van der Waals surface area contributed by atoms with Gasteiger partial charge in [0.05, 0.1) is 0 Å². The fourth-order valence-electron chi connectivity index (χ4n) is 3.74. The maximum atomic E-state index is 12.6. The summed E-state index contributed by atoms with van der Waals surface area (Å²) in [6.07, 6.45) is 16.8. The van der Waals surface area contributed by atoms with Crippen LogP contribution >= 0.6 is 11.8 Å². The van der Waals surface area contributed by atoms with E-state index in [0.717, 1.165) is 23.3 Å². The summed E-state index contributed by atoms with van der Waals surface area (Å²) in [6.45, 7) is 4.50. The largest absolute Gasteiger partial charge is 0.281 e. The average Bonchev–Trinajstić information content (AvgIpc) is 2.77. The molecule has 1 nitrogen and oxygen atoms in total. The minimum Gasteiger partial charge on any atom is -0.281 e. The first kappa shape index (κ1) is 24.7. The highest BCUT2D eigenvalue weighted by atomic mass is 32.2. The van der Waals surface area contributed by atoms with Gasteiger partial charge in [-0.3, -0.25) is 4.79 Å². The van der Waals surface area contributed by atoms with Gasteiger partial charge in [0.15, 0.2) is 0 Å². The van der Waals surface area contributed by atoms with Crippen LogP contribution in [0.25, 0.3) is 0 Å². The molecule has 2 heteroatoms. The first-order valence-electron chi connectivity index (χ1n) is 12.1. The van der Waals surface area contributed by atoms with E-state index in [1.807, 2.05) is 12.1 Å². The average molecular weight is 425 g/mol. The van der Waals surface area contributed by atoms with Crippen molar-refractivity contribution >= 4 is 16.9 Å². The minimum atomic E-state index is 0.132. The predicted octanol–water partition coefficient (Wildman–Crippen LogP) is 9.04. The Hall–Kier alpha value is -1.54. The second-order valence-corrected chi connectivity index (χ2v) is 9.46. The Balaban J connectivity index is 1.69. The highest BCUT2D eigenvalue weighted by Gasteiger charge is 2.08. The van der Waals surface area contributed by atoms with Crippen molar-refractivity contribution in [1.29, 1.82) is 0 Å². The second kappa shape index (κ2) is 15.3. The van der Waals surface area contributed by atoms with Crippen molar-refractivity contribution in [3.63, 3.8) is 0 Å². The van der Waals surface area contributed by atoms with Crippen LogP contribution in [0.1, 0.15) is 106 Å². The molecule has 0 saturated heterocycles. The molecule has 0 aliphatic heterocycles. The Morgan fingerprint density at radius 3 is 1.60 bits per heavy atom. The van der Waals surface area contributed by atoms with Gasteiger partial charge in [0, 0.05) is 10.5 Å². The molecule has 0 atom stereocenters. The Morgan fingerprint density at radius 1 is 0.600 bits per heavy atom. The lowest BCUT2D eigenvalue weighted by atomic mass is 10.0. The SMILES string of the molecule is CCCCCCCCCCc1ccc(C(=O)Sc2ccc(CCCCC)cc2)cc1. The summed E-state index contributed by atoms with van der Waals surface area (Å²) in [4.78, 5) is 13.6. The van der Waals surface area contributed by atoms with Crippen LogP contribution in [0.4, 0.5) is 0 Å². The van der Waals surface area contributed by atoms with E-state index >= 15 is 0 Å². The lowest BCUT2D eigenvalue weighted by Crippen LogP contribution is -1.95. The number of unbranched alkanes of at least 4 members (excludes halogenated alkanes) is 9. The quantitative estimate of drug-likeness (QED) is 0.209. The summed E-state index contributed by atoms with van der Waals surface area (Å²) in [5, 5.41) is 0.132. The molecule has 0 aromatic heterocycles. The highest BCUT2D eigenvalue weighted by molar-refractivity contribution is 8.14. The lowest BCUT2D eigenvalue weighted by molar-refractivity contribution is 0.108. The van der Waals surface area contributed by atoms with E-state index in [1.165, 1.54) is 93.5 Å². The third kappa shape index (κ3) is 9.98. The molecule has 0 aliphatic rings. The molecule has 0 N–H and O–H groups in total. The summed E-state index contributed by atoms with van der Waals surface area (Å²) in [6, 6.07) is 16.7. The molecule has 0 bridgehead atoms. The fraction of sp³-hybridized carbons (Fsp3) is 0.536. The number of hydrogen-bond donors (Lipinski definition) is 0. The Morgan fingerprint density at radius 2 is 1.03 bits per heavy atom. The topological polar surface area (TPSA) is 17.1 Å². The summed E-state index contributed by atoms with van der Waals surface area (Å²) in [5.41, 5.74) is 3.51. The molecule has 0 heterocycles. The summed E-state index contributed by atoms with van der Waals surface area (Å²) >= 11 is 1.33. The summed E-state index contributed by atoms with van der Waals surface area (Å²) in [5.74, 6) is 0. The molecule has 0 amide bonds. The van der Waals surface area contributed by atoms with Crippen molar-refractivity contribution in [2.24, 2.45) is 0 Å². The molecule has 30 heavy (non-hydrogen) atoms. The maximum Gasteiger partial charge on any atom is 0.224 e. The van der Waals surface area contributed by atoms with E-state index in [-0.39, 0.29) is 5.12 Å². The van der Waals surface area contributed by atoms with Crippen molar-refractivity contribution < 1.29 is 4.79 Å². The minimum absolute atomic E-state index is 0.132. The van der Waals surface area contributed by atoms with E-state index in [4.69, 9.17) is 0 Å². The van der Waals surface area contributed by atoms with Gasteiger partial charge in [0.1, 0.15) is 0 Å². The lowest BCUT2D eigenvalue weighted by Gasteiger charge is -2.06. The molecule has 2 aromatic rings. The summed E-state index contributed by atoms with van der Waals surface area (Å²) in [7, 11) is 0. The van der Waals surface area contributed by atoms with Crippen LogP contribution < -0.4 is 0 Å². The molecule has 164 valence electrons. The third-order valence-electron chi connectivity index (χ3n) is 5.71. The molecule has 0 radical (unpaired) electrons. The monoisotopic (exact) mass is 424 g/mol. The smallest absolute Gasteiger partial charge is 0.224 e. The van der Waals surface area contributed by atoms with Crippen molar-refractivity contribution in [3.8, 4) is 0 Å². The molecule has 0 unspecified atom stereocenters. The van der Waals surface area contributed by atoms with Crippen LogP contribution in [0.15, 0.2) is 53.4 Å². The van der Waals surface area contributed by atoms with Crippen molar-refractivity contribution in [3.05, 3.63) is 65.2 Å². The second-order valence-electron chi connectivity index (χ2n) is 8.41. The third-order valence-corrected chi connectivity index (χ3v) is 6.64. The van der Waals surface area contributed by atoms with Gasteiger partial charge in [-0.05, 0) is 60.7 Å². The maximum absolute atomic E-state index is 12.6. The molecular formula is C28H40OS. The zero-order valence-corrected chi connectivity index (χ0v) is 19.9. The number of carbonyl (C=O) groups excluding carboxylic acids is 1. The molecule has 0 saturated carbocycles. The molecule has 0 spiro atoms. The van der Waals surface area contributed by atoms with E-state index < -0.39 is 0 Å². The number of thioether (sulfide) groups is 1. The van der Waals surface area contributed by atoms with Crippen LogP contribution in [0.5, 0.6) is 0 Å². The van der Waals surface area contributed by atoms with Crippen LogP contribution in [-0.2, 0) is 12.8 Å². The van der Waals surface area contributed by atoms with Gasteiger partial charge >= 0.3 is 0 Å². The van der Waals surface area contributed by atoms with Crippen LogP contribution in [0.3, 0.4) is 0 Å². The van der Waals surface area contributed by atoms with E-state index in [2.05, 4.69) is 50.2 Å². The number of benzene rings is 2. The van der Waals surface area contributed by atoms with Gasteiger partial charge in [0.2, 0.25) is 5.12 Å².